The number of hydrogen-bond donors (Lipinski definition) is 18. The van der Waals surface area contributed by atoms with E-state index in [0.29, 0.717) is 4.57 Å². The molecular weight excluding hydrogens is 1520 g/mol. The van der Waals surface area contributed by atoms with Crippen molar-refractivity contribution in [3.05, 3.63) is 80.3 Å². The lowest BCUT2D eigenvalue weighted by atomic mass is 9.96. The molecule has 0 amide bonds. The first-order chi connectivity index (χ1) is 42.5. The van der Waals surface area contributed by atoms with Crippen molar-refractivity contribution in [3.63, 3.8) is 0 Å². The molecule has 62 heteroatoms. The average molecular weight is 1570 g/mol. The van der Waals surface area contributed by atoms with E-state index >= 15 is 8.78 Å². The summed E-state index contributed by atoms with van der Waals surface area (Å²) in [6.07, 6.45) is -11.7. The highest BCUT2D eigenvalue weighted by atomic mass is 31.3. The number of nitrogens with one attached hydrogen (secondary N) is 2. The lowest BCUT2D eigenvalue weighted by Gasteiger charge is -2.34. The van der Waals surface area contributed by atoms with Crippen molar-refractivity contribution in [3.8, 4) is 0 Å². The SMILES string of the molecule is C=C1N=C(N)C=CN1[C@@H]1O[C@](F)(COP(=O)(O)OP(=O)(O)OP(=O)(O)O)[C@@H](F)[C@@]1(C)O.C[C@]1(COP(=O)(O)OP(=O)(O)OP(=O)(O)O)O[C@@H](n2ccc(=O)[nH]c2=O)[C@H](F)[C@@H]1O.Cc1nc2c(ncn2[C@@H]2O[C@](F)(COP(=O)(O)OP(=O)(O)OP(=O)(O)O)[C@@H](F)[C@@]2(C)O)c(=O)[nH]1. The number of halogens is 5. The number of aromatic nitrogens is 6. The summed E-state index contributed by atoms with van der Waals surface area (Å²) in [5.74, 6) is -7.38. The Morgan fingerprint density at radius 1 is 0.642 bits per heavy atom. The molecule has 0 saturated carbocycles. The van der Waals surface area contributed by atoms with Crippen molar-refractivity contribution in [1.29, 1.82) is 0 Å². The molecule has 18 atom stereocenters. The van der Waals surface area contributed by atoms with Crippen LogP contribution in [0.3, 0.4) is 0 Å². The van der Waals surface area contributed by atoms with Crippen LogP contribution in [0.1, 0.15) is 39.1 Å². The van der Waals surface area contributed by atoms with Gasteiger partial charge in [0.15, 0.2) is 48.4 Å². The van der Waals surface area contributed by atoms with Crippen molar-refractivity contribution >= 4 is 87.4 Å². The van der Waals surface area contributed by atoms with E-state index < -0.39 is 179 Å². The van der Waals surface area contributed by atoms with Gasteiger partial charge in [-0.2, -0.15) is 25.9 Å². The van der Waals surface area contributed by atoms with Crippen LogP contribution in [0.15, 0.2) is 62.6 Å². The molecular formula is C33H51F5N9O39P9. The predicted octanol–water partition coefficient (Wildman–Crippen LogP) is -0.980. The van der Waals surface area contributed by atoms with Crippen molar-refractivity contribution in [2.45, 2.75) is 99.5 Å². The van der Waals surface area contributed by atoms with Crippen LogP contribution in [0.5, 0.6) is 0 Å². The van der Waals surface area contributed by atoms with E-state index in [0.717, 1.165) is 55.0 Å². The first-order valence-electron chi connectivity index (χ1n) is 24.0. The quantitative estimate of drug-likeness (QED) is 0.0379. The Kier molecular flexibility index (Phi) is 24.6. The molecule has 0 spiro atoms. The zero-order valence-corrected chi connectivity index (χ0v) is 55.0. The number of fused-ring (bicyclic) bond motifs is 1. The highest BCUT2D eigenvalue weighted by Gasteiger charge is 2.67. The Morgan fingerprint density at radius 2 is 1.06 bits per heavy atom. The van der Waals surface area contributed by atoms with Crippen LogP contribution in [-0.2, 0) is 94.7 Å². The minimum Gasteiger partial charge on any atom is -0.387 e. The first-order valence-corrected chi connectivity index (χ1v) is 37.6. The number of alkyl halides is 5. The Morgan fingerprint density at radius 3 is 1.48 bits per heavy atom. The standard InChI is InChI=1S/C12H17F2N4O13P3.C11H18F2N3O12P3.C10H16FN2O14P3/c1-5-16-7-6(8(19)17-5)15-4-18(7)10-11(2,20)9(13)12(14,29-10)3-28-33(24,25)31-34(26,27)30-32(21,22)23;1-6-15-7(14)3-4-16(6)9-10(2,17)8(12)11(13,26-9)5-25-30(21,22)28-31(23,24)27-29(18,19)20;1-10(4-24-29(20,21)27-30(22,23)26-28(17,18)19)7(15)6(11)8(25-10)13-3-2-5(14)12-9(13)16/h4,9-10,20H,3H2,1-2H3,(H,24,25)(H,26,27)(H,16,17,19)(H2,21,22,23);3-4,8-9,17H,1,5H2,2H3,(H2,14,15)(H,21,22)(H,23,24)(H2,18,19,20);2-3,6-8,15H,4H2,1H3,(H,20,21)(H,22,23)(H,12,14,16)(H2,17,18,19)/t9-,10+,11+,12+;8-,9+,10+,11+;6-,7+,8-,10-/m001/s1. The van der Waals surface area contributed by atoms with E-state index in [9.17, 15) is 98.6 Å². The summed E-state index contributed by atoms with van der Waals surface area (Å²) in [5, 5.41) is 31.0. The molecule has 0 radical (unpaired) electrons. The van der Waals surface area contributed by atoms with Crippen LogP contribution in [0.2, 0.25) is 0 Å². The number of aryl methyl sites for hydroxylation is 1. The monoisotopic (exact) mass is 1570 g/mol. The zero-order valence-electron chi connectivity index (χ0n) is 46.9. The maximum absolute atomic E-state index is 15.3. The number of aromatic amines is 2. The van der Waals surface area contributed by atoms with Crippen molar-refractivity contribution < 1.29 is 191 Å². The number of nitrogens with zero attached hydrogens (tertiary/aromatic N) is 6. The molecule has 48 nitrogen and oxygen atoms in total. The van der Waals surface area contributed by atoms with Crippen molar-refractivity contribution in [2.75, 3.05) is 19.8 Å². The third-order valence-electron chi connectivity index (χ3n) is 11.7. The zero-order chi connectivity index (χ0) is 73.1. The van der Waals surface area contributed by atoms with Gasteiger partial charge < -0.3 is 104 Å². The maximum atomic E-state index is 15.3. The molecule has 542 valence electrons. The number of nitrogens with two attached hydrogens (primary N) is 1. The number of ether oxygens (including phenoxy) is 3. The lowest BCUT2D eigenvalue weighted by Crippen LogP contribution is -2.51. The molecule has 4 aliphatic heterocycles. The van der Waals surface area contributed by atoms with Crippen molar-refractivity contribution in [2.24, 2.45) is 10.7 Å². The summed E-state index contributed by atoms with van der Waals surface area (Å²) in [5.41, 5.74) is -5.05. The van der Waals surface area contributed by atoms with Gasteiger partial charge >= 0.3 is 76.1 Å². The fourth-order valence-electron chi connectivity index (χ4n) is 7.97. The first kappa shape index (κ1) is 82.1. The minimum absolute atomic E-state index is 0.00476. The number of amidine groups is 1. The summed E-state index contributed by atoms with van der Waals surface area (Å²) in [6.45, 7) is 2.72. The highest BCUT2D eigenvalue weighted by molar-refractivity contribution is 7.67. The number of aliphatic imine (C=N–C) groups is 1. The predicted molar refractivity (Wildman–Crippen MR) is 289 cm³/mol. The van der Waals surface area contributed by atoms with Gasteiger partial charge in [-0.15, -0.1) is 0 Å². The smallest absolute Gasteiger partial charge is 0.387 e. The second kappa shape index (κ2) is 28.4. The highest BCUT2D eigenvalue weighted by Crippen LogP contribution is 2.69. The third-order valence-corrected chi connectivity index (χ3v) is 23.1. The third kappa shape index (κ3) is 21.5. The number of aliphatic hydroxyl groups excluding tert-OH is 1. The Labute approximate surface area is 521 Å². The number of phosphoric ester groups is 3. The number of imidazole rings is 1. The largest absolute Gasteiger partial charge is 0.490 e. The van der Waals surface area contributed by atoms with Crippen LogP contribution in [0, 0.1) is 6.92 Å². The molecule has 3 aromatic heterocycles. The van der Waals surface area contributed by atoms with Crippen LogP contribution in [-0.4, -0.2) is 193 Å². The summed E-state index contributed by atoms with van der Waals surface area (Å²) in [6, 6.07) is 0.867. The van der Waals surface area contributed by atoms with Gasteiger partial charge in [-0.1, -0.05) is 6.58 Å². The van der Waals surface area contributed by atoms with E-state index in [2.05, 4.69) is 66.0 Å². The van der Waals surface area contributed by atoms with E-state index in [1.165, 1.54) is 13.0 Å². The van der Waals surface area contributed by atoms with Crippen LogP contribution in [0.25, 0.3) is 11.2 Å². The summed E-state index contributed by atoms with van der Waals surface area (Å²) < 4.78 is 225. The second-order valence-corrected chi connectivity index (χ2v) is 32.9. The van der Waals surface area contributed by atoms with Gasteiger partial charge in [0.2, 0.25) is 0 Å². The second-order valence-electron chi connectivity index (χ2n) is 19.7. The summed E-state index contributed by atoms with van der Waals surface area (Å²) in [4.78, 5) is 158. The van der Waals surface area contributed by atoms with Gasteiger partial charge in [0.1, 0.15) is 53.6 Å². The molecule has 0 aliphatic carbocycles. The lowest BCUT2D eigenvalue weighted by molar-refractivity contribution is -0.198. The molecule has 4 aliphatic rings. The van der Waals surface area contributed by atoms with E-state index in [1.807, 2.05) is 4.98 Å². The average Bonchev–Trinajstić information content (AvgIpc) is 1.59. The van der Waals surface area contributed by atoms with Gasteiger partial charge in [-0.3, -0.25) is 37.3 Å². The fraction of sp³-hybridized carbons (Fsp3) is 0.576. The molecule has 95 heavy (non-hydrogen) atoms. The fourth-order valence-corrected chi connectivity index (χ4v) is 17.2. The number of hydrogen-bond acceptors (Lipinski definition) is 32. The molecule has 0 bridgehead atoms. The van der Waals surface area contributed by atoms with Crippen LogP contribution < -0.4 is 22.5 Å². The molecule has 3 fully saturated rings. The minimum atomic E-state index is -5.91. The maximum Gasteiger partial charge on any atom is 0.490 e. The molecule has 3 aromatic rings. The number of aliphatic hydroxyl groups is 3. The van der Waals surface area contributed by atoms with Gasteiger partial charge in [-0.05, 0) is 33.8 Å². The topological polar surface area (TPSA) is 728 Å². The molecule has 0 aromatic carbocycles. The van der Waals surface area contributed by atoms with E-state index in [4.69, 9.17) is 64.0 Å². The van der Waals surface area contributed by atoms with E-state index in [-0.39, 0.29) is 28.6 Å². The summed E-state index contributed by atoms with van der Waals surface area (Å²) >= 11 is 0. The van der Waals surface area contributed by atoms with Gasteiger partial charge in [0.05, 0.1) is 12.9 Å². The number of phosphoric acid groups is 9. The van der Waals surface area contributed by atoms with E-state index in [1.54, 1.807) is 0 Å². The van der Waals surface area contributed by atoms with Crippen molar-refractivity contribution in [1.82, 2.24) is 34.0 Å². The Balaban J connectivity index is 0.000000259. The number of rotatable bonds is 24. The molecule has 19 N–H and O–H groups in total. The Bertz CT molecular complexity index is 4120. The normalized spacial score (nSPS) is 32.7. The number of H-pyrrole nitrogens is 2. The van der Waals surface area contributed by atoms with Gasteiger partial charge in [-0.25, -0.2) is 82.8 Å². The van der Waals surface area contributed by atoms with Crippen LogP contribution in [0.4, 0.5) is 22.0 Å². The van der Waals surface area contributed by atoms with Crippen LogP contribution >= 0.6 is 70.4 Å². The molecule has 7 heterocycles. The molecule has 7 rings (SSSR count). The molecule has 6 unspecified atom stereocenters. The van der Waals surface area contributed by atoms with Gasteiger partial charge in [0.25, 0.3) is 22.8 Å². The summed E-state index contributed by atoms with van der Waals surface area (Å²) in [7, 11) is -51.6. The van der Waals surface area contributed by atoms with Gasteiger partial charge in [0, 0.05) is 18.5 Å². The molecule has 3 saturated heterocycles. The Hall–Kier alpha value is -3.58.